The third kappa shape index (κ3) is 5.26. The Morgan fingerprint density at radius 3 is 2.62 bits per heavy atom. The van der Waals surface area contributed by atoms with Gasteiger partial charge in [-0.15, -0.1) is 11.3 Å². The van der Waals surface area contributed by atoms with Gasteiger partial charge < -0.3 is 19.7 Å². The topological polar surface area (TPSA) is 62.8 Å². The number of anilines is 1. The summed E-state index contributed by atoms with van der Waals surface area (Å²) in [5.41, 5.74) is 2.17. The van der Waals surface area contributed by atoms with Gasteiger partial charge in [0.1, 0.15) is 28.8 Å². The van der Waals surface area contributed by atoms with Crippen molar-refractivity contribution >= 4 is 39.0 Å². The van der Waals surface area contributed by atoms with Crippen molar-refractivity contribution in [2.75, 3.05) is 58.8 Å². The number of aromatic nitrogens is 2. The van der Waals surface area contributed by atoms with Crippen LogP contribution in [0.2, 0.25) is 5.02 Å². The molecule has 172 valence electrons. The van der Waals surface area contributed by atoms with Crippen LogP contribution in [-0.2, 0) is 0 Å². The second-order valence-corrected chi connectivity index (χ2v) is 9.55. The average Bonchev–Trinajstić information content (AvgIpc) is 3.24. The van der Waals surface area contributed by atoms with Crippen molar-refractivity contribution in [1.82, 2.24) is 19.8 Å². The molecule has 0 spiro atoms. The quantitative estimate of drug-likeness (QED) is 0.515. The molecule has 1 aliphatic rings. The van der Waals surface area contributed by atoms with E-state index in [2.05, 4.69) is 41.0 Å². The zero-order valence-electron chi connectivity index (χ0n) is 19.0. The van der Waals surface area contributed by atoms with Gasteiger partial charge in [0, 0.05) is 55.6 Å². The van der Waals surface area contributed by atoms with E-state index in [0.717, 1.165) is 54.6 Å². The van der Waals surface area contributed by atoms with E-state index in [9.17, 15) is 0 Å². The Morgan fingerprint density at radius 1 is 1.12 bits per heavy atom. The number of fused-ring (bicyclic) bond motifs is 1. The van der Waals surface area contributed by atoms with Crippen LogP contribution in [0.15, 0.2) is 23.6 Å². The van der Waals surface area contributed by atoms with E-state index in [0.29, 0.717) is 34.7 Å². The van der Waals surface area contributed by atoms with Crippen molar-refractivity contribution in [2.45, 2.75) is 19.9 Å². The lowest BCUT2D eigenvalue weighted by Crippen LogP contribution is -2.45. The summed E-state index contributed by atoms with van der Waals surface area (Å²) in [6, 6.07) is 6.06. The van der Waals surface area contributed by atoms with Crippen molar-refractivity contribution in [1.29, 1.82) is 0 Å². The predicted octanol–water partition coefficient (Wildman–Crippen LogP) is 4.47. The van der Waals surface area contributed by atoms with Crippen molar-refractivity contribution in [3.63, 3.8) is 0 Å². The summed E-state index contributed by atoms with van der Waals surface area (Å²) >= 11 is 8.31. The van der Waals surface area contributed by atoms with Crippen LogP contribution in [0.1, 0.15) is 13.8 Å². The molecule has 1 saturated heterocycles. The van der Waals surface area contributed by atoms with Crippen LogP contribution in [0, 0.1) is 0 Å². The first-order valence-electron chi connectivity index (χ1n) is 10.9. The first kappa shape index (κ1) is 23.0. The van der Waals surface area contributed by atoms with E-state index < -0.39 is 0 Å². The van der Waals surface area contributed by atoms with Gasteiger partial charge in [0.25, 0.3) is 0 Å². The van der Waals surface area contributed by atoms with Crippen molar-refractivity contribution < 1.29 is 9.47 Å². The van der Waals surface area contributed by atoms with Gasteiger partial charge in [-0.25, -0.2) is 9.97 Å². The Labute approximate surface area is 198 Å². The number of methoxy groups -OCH3 is 1. The number of nitrogens with zero attached hydrogens (tertiary/aromatic N) is 4. The summed E-state index contributed by atoms with van der Waals surface area (Å²) in [5.74, 6) is 1.35. The van der Waals surface area contributed by atoms with E-state index in [4.69, 9.17) is 26.1 Å². The van der Waals surface area contributed by atoms with E-state index in [1.54, 1.807) is 18.4 Å². The largest absolute Gasteiger partial charge is 0.496 e. The van der Waals surface area contributed by atoms with Crippen LogP contribution in [0.25, 0.3) is 22.3 Å². The molecule has 32 heavy (non-hydrogen) atoms. The number of hydrogen-bond acceptors (Lipinski definition) is 8. The smallest absolute Gasteiger partial charge is 0.183 e. The molecule has 7 nitrogen and oxygen atoms in total. The monoisotopic (exact) mass is 475 g/mol. The third-order valence-corrected chi connectivity index (χ3v) is 6.64. The van der Waals surface area contributed by atoms with E-state index in [1.807, 2.05) is 23.6 Å². The molecule has 1 aromatic carbocycles. The summed E-state index contributed by atoms with van der Waals surface area (Å²) in [4.78, 5) is 14.3. The summed E-state index contributed by atoms with van der Waals surface area (Å²) in [6.45, 7) is 9.95. The molecule has 3 heterocycles. The number of thiazole rings is 1. The first-order chi connectivity index (χ1) is 15.4. The second-order valence-electron chi connectivity index (χ2n) is 8.31. The lowest BCUT2D eigenvalue weighted by Gasteiger charge is -2.32. The maximum Gasteiger partial charge on any atom is 0.183 e. The Hall–Kier alpha value is -2.13. The molecule has 1 fully saturated rings. The van der Waals surface area contributed by atoms with Gasteiger partial charge in [-0.3, -0.25) is 4.90 Å². The SMILES string of the molecule is COc1cc(-c2csc(NC(C)C)n2)nc2c(Cl)c(OCCN3CCN(C)CC3)ccc12. The number of piperazine rings is 1. The van der Waals surface area contributed by atoms with Gasteiger partial charge in [-0.1, -0.05) is 11.6 Å². The molecule has 0 bridgehead atoms. The maximum atomic E-state index is 6.75. The average molecular weight is 476 g/mol. The molecular formula is C23H30ClN5O2S. The summed E-state index contributed by atoms with van der Waals surface area (Å²) in [5, 5.41) is 7.53. The molecule has 0 radical (unpaired) electrons. The Balaban J connectivity index is 1.56. The number of halogens is 1. The minimum atomic E-state index is 0.313. The minimum absolute atomic E-state index is 0.313. The number of likely N-dealkylation sites (N-methyl/N-ethyl adjacent to an activating group) is 1. The summed E-state index contributed by atoms with van der Waals surface area (Å²) in [7, 11) is 3.81. The fourth-order valence-corrected chi connectivity index (χ4v) is 4.79. The highest BCUT2D eigenvalue weighted by Gasteiger charge is 2.17. The molecule has 3 aromatic rings. The standard InChI is InChI=1S/C23H30ClN5O2S/c1-15(2)25-23-27-18(14-32-23)17-13-20(30-4)16-5-6-19(21(24)22(16)26-17)31-12-11-29-9-7-28(3)8-10-29/h5-6,13-15H,7-12H2,1-4H3,(H,25,27). The summed E-state index contributed by atoms with van der Waals surface area (Å²) in [6.07, 6.45) is 0. The van der Waals surface area contributed by atoms with Crippen molar-refractivity contribution in [2.24, 2.45) is 0 Å². The van der Waals surface area contributed by atoms with Gasteiger partial charge >= 0.3 is 0 Å². The molecule has 1 aliphatic heterocycles. The lowest BCUT2D eigenvalue weighted by atomic mass is 10.1. The normalized spacial score (nSPS) is 15.4. The van der Waals surface area contributed by atoms with E-state index >= 15 is 0 Å². The Morgan fingerprint density at radius 2 is 1.91 bits per heavy atom. The molecule has 0 saturated carbocycles. The van der Waals surface area contributed by atoms with Gasteiger partial charge in [0.2, 0.25) is 0 Å². The summed E-state index contributed by atoms with van der Waals surface area (Å²) < 4.78 is 11.7. The fraction of sp³-hybridized carbons (Fsp3) is 0.478. The molecule has 0 amide bonds. The zero-order valence-corrected chi connectivity index (χ0v) is 20.6. The van der Waals surface area contributed by atoms with Crippen LogP contribution >= 0.6 is 22.9 Å². The Bertz CT molecular complexity index is 1070. The number of benzene rings is 1. The van der Waals surface area contributed by atoms with Crippen LogP contribution in [0.4, 0.5) is 5.13 Å². The minimum Gasteiger partial charge on any atom is -0.496 e. The first-order valence-corrected chi connectivity index (χ1v) is 12.1. The van der Waals surface area contributed by atoms with Gasteiger partial charge in [-0.05, 0) is 33.0 Å². The molecule has 4 rings (SSSR count). The van der Waals surface area contributed by atoms with Crippen LogP contribution < -0.4 is 14.8 Å². The molecular weight excluding hydrogens is 446 g/mol. The molecule has 2 aromatic heterocycles. The van der Waals surface area contributed by atoms with Gasteiger partial charge in [0.15, 0.2) is 5.13 Å². The third-order valence-electron chi connectivity index (χ3n) is 5.51. The molecule has 0 unspecified atom stereocenters. The number of ether oxygens (including phenoxy) is 2. The molecule has 9 heteroatoms. The second kappa shape index (κ2) is 10.2. The highest BCUT2D eigenvalue weighted by atomic mass is 35.5. The van der Waals surface area contributed by atoms with Crippen LogP contribution in [-0.4, -0.2) is 79.3 Å². The molecule has 0 aliphatic carbocycles. The predicted molar refractivity (Wildman–Crippen MR) is 133 cm³/mol. The van der Waals surface area contributed by atoms with E-state index in [-0.39, 0.29) is 0 Å². The van der Waals surface area contributed by atoms with Gasteiger partial charge in [0.05, 0.1) is 18.3 Å². The van der Waals surface area contributed by atoms with Crippen LogP contribution in [0.3, 0.4) is 0 Å². The number of nitrogens with one attached hydrogen (secondary N) is 1. The molecule has 0 atom stereocenters. The molecule has 1 N–H and O–H groups in total. The fourth-order valence-electron chi connectivity index (χ4n) is 3.68. The highest BCUT2D eigenvalue weighted by Crippen LogP contribution is 2.38. The number of pyridine rings is 1. The number of hydrogen-bond donors (Lipinski definition) is 1. The van der Waals surface area contributed by atoms with Crippen LogP contribution in [0.5, 0.6) is 11.5 Å². The maximum absolute atomic E-state index is 6.75. The van der Waals surface area contributed by atoms with Crippen molar-refractivity contribution in [3.8, 4) is 22.9 Å². The van der Waals surface area contributed by atoms with Crippen molar-refractivity contribution in [3.05, 3.63) is 28.6 Å². The Kier molecular flexibility index (Phi) is 7.35. The van der Waals surface area contributed by atoms with Gasteiger partial charge in [-0.2, -0.15) is 0 Å². The van der Waals surface area contributed by atoms with E-state index in [1.165, 1.54) is 0 Å². The zero-order chi connectivity index (χ0) is 22.7. The number of rotatable bonds is 8. The lowest BCUT2D eigenvalue weighted by molar-refractivity contribution is 0.134. The highest BCUT2D eigenvalue weighted by molar-refractivity contribution is 7.14.